The second-order valence-corrected chi connectivity index (χ2v) is 6.62. The van der Waals surface area contributed by atoms with Gasteiger partial charge in [0, 0.05) is 5.02 Å². The molecule has 0 aromatic heterocycles. The molecule has 0 fully saturated rings. The molecule has 5 heteroatoms. The van der Waals surface area contributed by atoms with Crippen LogP contribution in [-0.2, 0) is 16.3 Å². The predicted molar refractivity (Wildman–Crippen MR) is 64.4 cm³/mol. The topological polar surface area (TPSA) is 60.2 Å². The lowest BCUT2D eigenvalue weighted by atomic mass is 10.1. The number of hydrogen-bond donors (Lipinski definition) is 1. The molecule has 1 aromatic carbocycles. The Morgan fingerprint density at radius 3 is 2.81 bits per heavy atom. The van der Waals surface area contributed by atoms with Crippen molar-refractivity contribution >= 4 is 21.4 Å². The molecule has 1 heterocycles. The van der Waals surface area contributed by atoms with E-state index in [1.165, 1.54) is 0 Å². The van der Waals surface area contributed by atoms with Gasteiger partial charge in [0.05, 0.1) is 10.1 Å². The molecule has 0 saturated heterocycles. The summed E-state index contributed by atoms with van der Waals surface area (Å²) in [5.74, 6) is 0. The number of halogens is 1. The van der Waals surface area contributed by atoms with Crippen LogP contribution in [0.2, 0.25) is 5.02 Å². The van der Waals surface area contributed by atoms with E-state index >= 15 is 0 Å². The van der Waals surface area contributed by atoms with Gasteiger partial charge in [-0.1, -0.05) is 17.7 Å². The van der Waals surface area contributed by atoms with Crippen LogP contribution in [0.4, 0.5) is 0 Å². The van der Waals surface area contributed by atoms with E-state index < -0.39 is 9.84 Å². The molecule has 1 aliphatic heterocycles. The van der Waals surface area contributed by atoms with Crippen molar-refractivity contribution in [3.63, 3.8) is 0 Å². The maximum Gasteiger partial charge on any atom is 0.181 e. The SMILES string of the molecule is NCCCC1Cc2c(Cl)cccc2S1(=O)=O. The average Bonchev–Trinajstić information content (AvgIpc) is 2.50. The van der Waals surface area contributed by atoms with Crippen LogP contribution in [0.15, 0.2) is 23.1 Å². The molecule has 1 aromatic rings. The van der Waals surface area contributed by atoms with E-state index in [1.54, 1.807) is 18.2 Å². The zero-order chi connectivity index (χ0) is 11.8. The van der Waals surface area contributed by atoms with Crippen molar-refractivity contribution in [1.82, 2.24) is 0 Å². The highest BCUT2D eigenvalue weighted by Gasteiger charge is 2.37. The Kier molecular flexibility index (Phi) is 3.24. The van der Waals surface area contributed by atoms with Crippen LogP contribution in [0.3, 0.4) is 0 Å². The molecule has 1 atom stereocenters. The van der Waals surface area contributed by atoms with Gasteiger partial charge in [-0.2, -0.15) is 0 Å². The van der Waals surface area contributed by atoms with Crippen LogP contribution in [0.25, 0.3) is 0 Å². The molecule has 16 heavy (non-hydrogen) atoms. The third-order valence-electron chi connectivity index (χ3n) is 2.98. The first-order valence-electron chi connectivity index (χ1n) is 5.28. The highest BCUT2D eigenvalue weighted by Crippen LogP contribution is 2.37. The van der Waals surface area contributed by atoms with Crippen molar-refractivity contribution in [3.8, 4) is 0 Å². The summed E-state index contributed by atoms with van der Waals surface area (Å²) in [6, 6.07) is 5.06. The van der Waals surface area contributed by atoms with E-state index in [1.807, 2.05) is 0 Å². The third kappa shape index (κ3) is 1.85. The monoisotopic (exact) mass is 259 g/mol. The molecule has 0 spiro atoms. The van der Waals surface area contributed by atoms with Crippen LogP contribution in [0.5, 0.6) is 0 Å². The summed E-state index contributed by atoms with van der Waals surface area (Å²) in [6.07, 6.45) is 1.87. The molecule has 1 aliphatic rings. The largest absolute Gasteiger partial charge is 0.330 e. The fourth-order valence-electron chi connectivity index (χ4n) is 2.12. The van der Waals surface area contributed by atoms with Gasteiger partial charge in [-0.25, -0.2) is 8.42 Å². The molecule has 0 radical (unpaired) electrons. The van der Waals surface area contributed by atoms with Gasteiger partial charge < -0.3 is 5.73 Å². The minimum absolute atomic E-state index is 0.342. The minimum atomic E-state index is -3.18. The second kappa shape index (κ2) is 4.35. The van der Waals surface area contributed by atoms with Crippen molar-refractivity contribution in [3.05, 3.63) is 28.8 Å². The lowest BCUT2D eigenvalue weighted by molar-refractivity contribution is 0.575. The van der Waals surface area contributed by atoms with Gasteiger partial charge in [-0.15, -0.1) is 0 Å². The van der Waals surface area contributed by atoms with Gasteiger partial charge in [-0.3, -0.25) is 0 Å². The molecular weight excluding hydrogens is 246 g/mol. The quantitative estimate of drug-likeness (QED) is 0.900. The summed E-state index contributed by atoms with van der Waals surface area (Å²) in [4.78, 5) is 0.405. The maximum atomic E-state index is 12.1. The summed E-state index contributed by atoms with van der Waals surface area (Å²) >= 11 is 6.01. The Labute approximate surface area is 101 Å². The van der Waals surface area contributed by atoms with Crippen molar-refractivity contribution in [2.24, 2.45) is 5.73 Å². The fraction of sp³-hybridized carbons (Fsp3) is 0.455. The van der Waals surface area contributed by atoms with Crippen molar-refractivity contribution in [2.75, 3.05) is 6.54 Å². The standard InChI is InChI=1S/C11H14ClNO2S/c12-10-4-1-5-11-9(10)7-8(3-2-6-13)16(11,14)15/h1,4-5,8H,2-3,6-7,13H2. The van der Waals surface area contributed by atoms with Gasteiger partial charge in [-0.05, 0) is 43.5 Å². The Hall–Kier alpha value is -0.580. The zero-order valence-corrected chi connectivity index (χ0v) is 10.4. The summed E-state index contributed by atoms with van der Waals surface area (Å²) in [6.45, 7) is 0.524. The van der Waals surface area contributed by atoms with Crippen LogP contribution in [0, 0.1) is 0 Å². The Morgan fingerprint density at radius 2 is 2.19 bits per heavy atom. The van der Waals surface area contributed by atoms with Crippen LogP contribution in [-0.4, -0.2) is 20.2 Å². The molecule has 0 saturated carbocycles. The fourth-order valence-corrected chi connectivity index (χ4v) is 4.46. The maximum absolute atomic E-state index is 12.1. The number of hydrogen-bond acceptors (Lipinski definition) is 3. The predicted octanol–water partition coefficient (Wildman–Crippen LogP) is 1.78. The van der Waals surface area contributed by atoms with Gasteiger partial charge in [0.1, 0.15) is 0 Å². The van der Waals surface area contributed by atoms with E-state index in [4.69, 9.17) is 17.3 Å². The van der Waals surface area contributed by atoms with Gasteiger partial charge in [0.25, 0.3) is 0 Å². The van der Waals surface area contributed by atoms with Crippen molar-refractivity contribution in [1.29, 1.82) is 0 Å². The molecule has 1 unspecified atom stereocenters. The average molecular weight is 260 g/mol. The van der Waals surface area contributed by atoms with Gasteiger partial charge in [0.15, 0.2) is 9.84 Å². The van der Waals surface area contributed by atoms with Crippen molar-refractivity contribution < 1.29 is 8.42 Å². The number of nitrogens with two attached hydrogens (primary N) is 1. The molecule has 2 rings (SSSR count). The lowest BCUT2D eigenvalue weighted by Crippen LogP contribution is -2.18. The van der Waals surface area contributed by atoms with Crippen LogP contribution >= 0.6 is 11.6 Å². The Balaban J connectivity index is 2.38. The summed E-state index contributed by atoms with van der Waals surface area (Å²) in [5, 5.41) is 0.210. The highest BCUT2D eigenvalue weighted by molar-refractivity contribution is 7.92. The summed E-state index contributed by atoms with van der Waals surface area (Å²) in [5.41, 5.74) is 6.18. The highest BCUT2D eigenvalue weighted by atomic mass is 35.5. The molecule has 0 aliphatic carbocycles. The van der Waals surface area contributed by atoms with Gasteiger partial charge >= 0.3 is 0 Å². The number of fused-ring (bicyclic) bond motifs is 1. The minimum Gasteiger partial charge on any atom is -0.330 e. The molecule has 3 nitrogen and oxygen atoms in total. The lowest BCUT2D eigenvalue weighted by Gasteiger charge is -2.07. The number of rotatable bonds is 3. The third-order valence-corrected chi connectivity index (χ3v) is 5.61. The smallest absolute Gasteiger partial charge is 0.181 e. The second-order valence-electron chi connectivity index (χ2n) is 4.02. The zero-order valence-electron chi connectivity index (χ0n) is 8.82. The first-order chi connectivity index (χ1) is 7.57. The van der Waals surface area contributed by atoms with Crippen LogP contribution < -0.4 is 5.73 Å². The first kappa shape index (κ1) is 11.9. The molecule has 88 valence electrons. The normalized spacial score (nSPS) is 22.0. The van der Waals surface area contributed by atoms with E-state index in [0.717, 1.165) is 12.0 Å². The molecule has 2 N–H and O–H groups in total. The Bertz CT molecular complexity index is 499. The van der Waals surface area contributed by atoms with Crippen LogP contribution in [0.1, 0.15) is 18.4 Å². The van der Waals surface area contributed by atoms with E-state index in [9.17, 15) is 8.42 Å². The van der Waals surface area contributed by atoms with E-state index in [2.05, 4.69) is 0 Å². The van der Waals surface area contributed by atoms with Crippen molar-refractivity contribution in [2.45, 2.75) is 29.4 Å². The molecule has 0 amide bonds. The molecule has 0 bridgehead atoms. The Morgan fingerprint density at radius 1 is 1.44 bits per heavy atom. The summed E-state index contributed by atoms with van der Waals surface area (Å²) in [7, 11) is -3.18. The van der Waals surface area contributed by atoms with E-state index in [-0.39, 0.29) is 5.25 Å². The first-order valence-corrected chi connectivity index (χ1v) is 7.21. The molecular formula is C11H14ClNO2S. The number of benzene rings is 1. The summed E-state index contributed by atoms with van der Waals surface area (Å²) < 4.78 is 24.3. The van der Waals surface area contributed by atoms with E-state index in [0.29, 0.717) is 29.3 Å². The number of sulfone groups is 1. The van der Waals surface area contributed by atoms with Gasteiger partial charge in [0.2, 0.25) is 0 Å².